The smallest absolute Gasteiger partial charge is 0.261 e. The highest BCUT2D eigenvalue weighted by molar-refractivity contribution is 6.99. The lowest BCUT2D eigenvalue weighted by molar-refractivity contribution is -0.120. The predicted molar refractivity (Wildman–Crippen MR) is 168 cm³/mol. The molecule has 214 valence electrons. The van der Waals surface area contributed by atoms with Crippen molar-refractivity contribution in [1.82, 2.24) is 4.98 Å². The van der Waals surface area contributed by atoms with Crippen molar-refractivity contribution < 1.29 is 18.4 Å². The third-order valence-electron chi connectivity index (χ3n) is 7.97. The number of hydrogen-bond acceptors (Lipinski definition) is 5. The Kier molecular flexibility index (Phi) is 8.34. The van der Waals surface area contributed by atoms with Gasteiger partial charge in [-0.3, -0.25) is 14.6 Å². The molecular formula is C35H35FN2O3Si. The fraction of sp³-hybridized carbons (Fsp3) is 0.229. The lowest BCUT2D eigenvalue weighted by Gasteiger charge is -2.43. The van der Waals surface area contributed by atoms with Crippen LogP contribution in [0.25, 0.3) is 6.08 Å². The van der Waals surface area contributed by atoms with Crippen molar-refractivity contribution >= 4 is 42.0 Å². The van der Waals surface area contributed by atoms with Gasteiger partial charge in [0, 0.05) is 38.0 Å². The van der Waals surface area contributed by atoms with Crippen LogP contribution in [0.1, 0.15) is 43.0 Å². The van der Waals surface area contributed by atoms with Crippen molar-refractivity contribution in [2.24, 2.45) is 0 Å². The number of rotatable bonds is 9. The summed E-state index contributed by atoms with van der Waals surface area (Å²) in [5.41, 5.74) is 3.42. The quantitative estimate of drug-likeness (QED) is 0.205. The minimum atomic E-state index is -2.80. The average molecular weight is 579 g/mol. The maximum Gasteiger partial charge on any atom is 0.261 e. The zero-order valence-electron chi connectivity index (χ0n) is 24.4. The number of hydrogen-bond donors (Lipinski definition) is 1. The molecule has 1 aliphatic rings. The monoisotopic (exact) mass is 578 g/mol. The zero-order valence-corrected chi connectivity index (χ0v) is 25.4. The first kappa shape index (κ1) is 29.3. The number of carbonyl (C=O) groups is 2. The van der Waals surface area contributed by atoms with Gasteiger partial charge in [0.1, 0.15) is 5.82 Å². The summed E-state index contributed by atoms with van der Waals surface area (Å²) in [5.74, 6) is -1.02. The van der Waals surface area contributed by atoms with E-state index in [-0.39, 0.29) is 41.6 Å². The summed E-state index contributed by atoms with van der Waals surface area (Å²) in [5, 5.41) is 5.07. The minimum Gasteiger partial charge on any atom is -0.403 e. The number of halogens is 1. The molecule has 3 aromatic carbocycles. The van der Waals surface area contributed by atoms with Gasteiger partial charge in [-0.15, -0.1) is 0 Å². The number of Topliss-reactive ketones (excluding diaryl/α,β-unsaturated/α-hetero) is 2. The molecule has 42 heavy (non-hydrogen) atoms. The number of aromatic nitrogens is 1. The highest BCUT2D eigenvalue weighted by atomic mass is 28.4. The lowest BCUT2D eigenvalue weighted by atomic mass is 9.86. The number of allylic oxidation sites excluding steroid dienone is 1. The van der Waals surface area contributed by atoms with Crippen LogP contribution in [-0.4, -0.2) is 31.9 Å². The summed E-state index contributed by atoms with van der Waals surface area (Å²) in [6, 6.07) is 25.4. The predicted octanol–water partition coefficient (Wildman–Crippen LogP) is 5.66. The van der Waals surface area contributed by atoms with Crippen LogP contribution >= 0.6 is 0 Å². The number of anilines is 1. The van der Waals surface area contributed by atoms with Gasteiger partial charge in [-0.2, -0.15) is 0 Å². The van der Waals surface area contributed by atoms with Gasteiger partial charge in [0.05, 0.1) is 12.2 Å². The molecule has 0 fully saturated rings. The van der Waals surface area contributed by atoms with Crippen molar-refractivity contribution in [3.8, 4) is 0 Å². The Morgan fingerprint density at radius 3 is 2.21 bits per heavy atom. The molecule has 0 aliphatic heterocycles. The molecule has 0 unspecified atom stereocenters. The van der Waals surface area contributed by atoms with Crippen LogP contribution in [0.5, 0.6) is 0 Å². The van der Waals surface area contributed by atoms with E-state index in [1.807, 2.05) is 42.5 Å². The fourth-order valence-electron chi connectivity index (χ4n) is 5.91. The van der Waals surface area contributed by atoms with Crippen molar-refractivity contribution in [3.05, 3.63) is 125 Å². The molecular weight excluding hydrogens is 543 g/mol. The molecule has 1 aliphatic carbocycles. The normalized spacial score (nSPS) is 13.4. The Morgan fingerprint density at radius 1 is 0.976 bits per heavy atom. The van der Waals surface area contributed by atoms with E-state index < -0.39 is 14.1 Å². The summed E-state index contributed by atoms with van der Waals surface area (Å²) >= 11 is 0. The Bertz CT molecular complexity index is 1610. The van der Waals surface area contributed by atoms with E-state index in [1.54, 1.807) is 19.4 Å². The fourth-order valence-corrected chi connectivity index (χ4v) is 10.4. The Balaban J connectivity index is 1.47. The van der Waals surface area contributed by atoms with E-state index in [1.165, 1.54) is 28.6 Å². The molecule has 7 heteroatoms. The SMILES string of the molecule is CNc1cc(F)cc2c1CC(=O)C(C(=O)Cc1cnccc1CO[Si](c1ccccc1)(c1ccccc1)C(C)(C)C)=C2. The molecule has 5 rings (SSSR count). The number of fused-ring (bicyclic) bond motifs is 1. The third-order valence-corrected chi connectivity index (χ3v) is 13.0. The molecule has 0 spiro atoms. The zero-order chi connectivity index (χ0) is 29.9. The second-order valence-corrected chi connectivity index (χ2v) is 15.9. The first-order valence-electron chi connectivity index (χ1n) is 14.1. The van der Waals surface area contributed by atoms with Crippen molar-refractivity contribution in [2.45, 2.75) is 45.3 Å². The molecule has 0 radical (unpaired) electrons. The van der Waals surface area contributed by atoms with E-state index in [2.05, 4.69) is 55.3 Å². The van der Waals surface area contributed by atoms with Gasteiger partial charge in [0.2, 0.25) is 0 Å². The van der Waals surface area contributed by atoms with Gasteiger partial charge >= 0.3 is 0 Å². The first-order valence-corrected chi connectivity index (χ1v) is 16.0. The summed E-state index contributed by atoms with van der Waals surface area (Å²) in [6.07, 6.45) is 4.92. The van der Waals surface area contributed by atoms with E-state index in [9.17, 15) is 14.0 Å². The first-order chi connectivity index (χ1) is 20.1. The van der Waals surface area contributed by atoms with Gasteiger partial charge in [-0.05, 0) is 61.9 Å². The number of ketones is 2. The molecule has 0 atom stereocenters. The van der Waals surface area contributed by atoms with Gasteiger partial charge in [0.25, 0.3) is 8.32 Å². The van der Waals surface area contributed by atoms with Crippen LogP contribution in [-0.2, 0) is 33.5 Å². The molecule has 0 saturated carbocycles. The molecule has 4 aromatic rings. The molecule has 5 nitrogen and oxygen atoms in total. The average Bonchev–Trinajstić information content (AvgIpc) is 2.98. The molecule has 1 aromatic heterocycles. The second-order valence-electron chi connectivity index (χ2n) is 11.6. The molecule has 1 heterocycles. The topological polar surface area (TPSA) is 68.3 Å². The molecule has 0 bridgehead atoms. The van der Waals surface area contributed by atoms with Crippen LogP contribution in [0, 0.1) is 5.82 Å². The van der Waals surface area contributed by atoms with Crippen LogP contribution in [0.15, 0.2) is 96.8 Å². The van der Waals surface area contributed by atoms with Gasteiger partial charge in [0.15, 0.2) is 11.6 Å². The number of pyridine rings is 1. The summed E-state index contributed by atoms with van der Waals surface area (Å²) in [7, 11) is -1.12. The summed E-state index contributed by atoms with van der Waals surface area (Å²) < 4.78 is 21.3. The third kappa shape index (κ3) is 5.62. The number of carbonyl (C=O) groups excluding carboxylic acids is 2. The summed E-state index contributed by atoms with van der Waals surface area (Å²) in [4.78, 5) is 30.9. The highest BCUT2D eigenvalue weighted by Crippen LogP contribution is 2.37. The van der Waals surface area contributed by atoms with E-state index >= 15 is 0 Å². The molecule has 1 N–H and O–H groups in total. The minimum absolute atomic E-state index is 0.00557. The van der Waals surface area contributed by atoms with Crippen molar-refractivity contribution in [3.63, 3.8) is 0 Å². The van der Waals surface area contributed by atoms with Crippen LogP contribution < -0.4 is 15.7 Å². The second kappa shape index (κ2) is 12.0. The van der Waals surface area contributed by atoms with Crippen molar-refractivity contribution in [2.75, 3.05) is 12.4 Å². The van der Waals surface area contributed by atoms with Crippen LogP contribution in [0.3, 0.4) is 0 Å². The van der Waals surface area contributed by atoms with Gasteiger partial charge in [-0.1, -0.05) is 81.4 Å². The molecule has 0 amide bonds. The van der Waals surface area contributed by atoms with Crippen LogP contribution in [0.4, 0.5) is 10.1 Å². The number of nitrogens with zero attached hydrogens (tertiary/aromatic N) is 1. The van der Waals surface area contributed by atoms with E-state index in [4.69, 9.17) is 4.43 Å². The molecule has 0 saturated heterocycles. The standard InChI is InChI=1S/C35H35FN2O3Si/c1-35(2,3)42(28-11-7-5-8-12-28,29-13-9-6-10-14-29)41-23-24-15-16-38-22-26(24)19-33(39)31-18-25-17-27(36)20-32(37-4)30(25)21-34(31)40/h5-18,20,22,37H,19,21,23H2,1-4H3. The maximum atomic E-state index is 14.2. The largest absolute Gasteiger partial charge is 0.403 e. The van der Waals surface area contributed by atoms with Gasteiger partial charge < -0.3 is 9.74 Å². The van der Waals surface area contributed by atoms with Crippen molar-refractivity contribution in [1.29, 1.82) is 0 Å². The van der Waals surface area contributed by atoms with E-state index in [0.717, 1.165) is 5.56 Å². The Hall–Kier alpha value is -4.20. The number of benzene rings is 3. The van der Waals surface area contributed by atoms with Gasteiger partial charge in [-0.25, -0.2) is 4.39 Å². The lowest BCUT2D eigenvalue weighted by Crippen LogP contribution is -2.66. The van der Waals surface area contributed by atoms with Crippen LogP contribution in [0.2, 0.25) is 5.04 Å². The summed E-state index contributed by atoms with van der Waals surface area (Å²) in [6.45, 7) is 6.94. The van der Waals surface area contributed by atoms with E-state index in [0.29, 0.717) is 22.4 Å². The highest BCUT2D eigenvalue weighted by Gasteiger charge is 2.50. The number of nitrogens with one attached hydrogen (secondary N) is 1. The maximum absolute atomic E-state index is 14.2. The Labute approximate surface area is 247 Å². The Morgan fingerprint density at radius 2 is 1.62 bits per heavy atom.